The molecule has 0 aliphatic heterocycles. The Bertz CT molecular complexity index is 446. The summed E-state index contributed by atoms with van der Waals surface area (Å²) < 4.78 is 0. The molecule has 0 rings (SSSR count). The van der Waals surface area contributed by atoms with Crippen molar-refractivity contribution in [2.45, 2.75) is 181 Å². The molecule has 0 aromatic carbocycles. The van der Waals surface area contributed by atoms with Gasteiger partial charge in [-0.1, -0.05) is 165 Å². The molecule has 0 unspecified atom stereocenters. The molecule has 0 saturated heterocycles. The van der Waals surface area contributed by atoms with Gasteiger partial charge in [-0.15, -0.1) is 0 Å². The van der Waals surface area contributed by atoms with E-state index in [9.17, 15) is 0 Å². The molecule has 0 spiro atoms. The molecule has 0 nitrogen and oxygen atoms in total. The largest absolute Gasteiger partial charge is 0.0882 e. The van der Waals surface area contributed by atoms with Crippen molar-refractivity contribution in [3.05, 3.63) is 48.6 Å². The molecule has 36 heavy (non-hydrogen) atoms. The fourth-order valence-electron chi connectivity index (χ4n) is 4.68. The molecular formula is C36H66. The van der Waals surface area contributed by atoms with Crippen LogP contribution in [0.3, 0.4) is 0 Å². The first-order valence-corrected chi connectivity index (χ1v) is 16.5. The lowest BCUT2D eigenvalue weighted by Gasteiger charge is -2.03. The van der Waals surface area contributed by atoms with E-state index in [2.05, 4.69) is 62.5 Å². The molecule has 0 atom stereocenters. The van der Waals surface area contributed by atoms with Gasteiger partial charge in [0.2, 0.25) is 0 Å². The Labute approximate surface area is 229 Å². The summed E-state index contributed by atoms with van der Waals surface area (Å²) in [6.07, 6.45) is 54.5. The number of hydrogen-bond donors (Lipinski definition) is 0. The van der Waals surface area contributed by atoms with Crippen LogP contribution in [-0.4, -0.2) is 0 Å². The number of hydrogen-bond acceptors (Lipinski definition) is 0. The quantitative estimate of drug-likeness (QED) is 0.0710. The number of rotatable bonds is 29. The van der Waals surface area contributed by atoms with Gasteiger partial charge < -0.3 is 0 Å². The van der Waals surface area contributed by atoms with E-state index in [1.165, 1.54) is 154 Å². The highest BCUT2D eigenvalue weighted by atomic mass is 14.0. The maximum Gasteiger partial charge on any atom is -0.0169 e. The predicted molar refractivity (Wildman–Crippen MR) is 168 cm³/mol. The zero-order valence-corrected chi connectivity index (χ0v) is 25.0. The summed E-state index contributed by atoms with van der Waals surface area (Å²) in [5.41, 5.74) is 0. The summed E-state index contributed by atoms with van der Waals surface area (Å²) >= 11 is 0. The third-order valence-electron chi connectivity index (χ3n) is 7.15. The topological polar surface area (TPSA) is 0 Å². The minimum Gasteiger partial charge on any atom is -0.0882 e. The van der Waals surface area contributed by atoms with Gasteiger partial charge in [0, 0.05) is 0 Å². The van der Waals surface area contributed by atoms with E-state index in [4.69, 9.17) is 0 Å². The lowest BCUT2D eigenvalue weighted by Crippen LogP contribution is -1.83. The summed E-state index contributed by atoms with van der Waals surface area (Å²) in [7, 11) is 0. The van der Waals surface area contributed by atoms with Crippen molar-refractivity contribution >= 4 is 0 Å². The first kappa shape index (κ1) is 35.0. The summed E-state index contributed by atoms with van der Waals surface area (Å²) in [6.45, 7) is 4.54. The maximum absolute atomic E-state index is 2.39. The van der Waals surface area contributed by atoms with Gasteiger partial charge in [0.05, 0.1) is 0 Å². The molecule has 0 heteroatoms. The minimum absolute atomic E-state index is 1.13. The Balaban J connectivity index is 3.16. The summed E-state index contributed by atoms with van der Waals surface area (Å²) in [4.78, 5) is 0. The van der Waals surface area contributed by atoms with Crippen LogP contribution in [0.1, 0.15) is 181 Å². The van der Waals surface area contributed by atoms with Crippen molar-refractivity contribution in [1.29, 1.82) is 0 Å². The van der Waals surface area contributed by atoms with Gasteiger partial charge >= 0.3 is 0 Å². The van der Waals surface area contributed by atoms with Gasteiger partial charge in [0.25, 0.3) is 0 Å². The summed E-state index contributed by atoms with van der Waals surface area (Å²) in [5.74, 6) is 0. The van der Waals surface area contributed by atoms with Crippen molar-refractivity contribution in [3.63, 3.8) is 0 Å². The van der Waals surface area contributed by atoms with Gasteiger partial charge in [-0.3, -0.25) is 0 Å². The van der Waals surface area contributed by atoms with Gasteiger partial charge in [-0.2, -0.15) is 0 Å². The SMILES string of the molecule is CCCCCC=CCC=CCCCCCCCCCCCCCCCCC=CCC=CCCCCC. The second kappa shape index (κ2) is 34.0. The fourth-order valence-corrected chi connectivity index (χ4v) is 4.68. The zero-order chi connectivity index (χ0) is 26.0. The van der Waals surface area contributed by atoms with Crippen LogP contribution in [0.4, 0.5) is 0 Å². The van der Waals surface area contributed by atoms with E-state index in [0.717, 1.165) is 12.8 Å². The Morgan fingerprint density at radius 2 is 0.472 bits per heavy atom. The van der Waals surface area contributed by atoms with Crippen molar-refractivity contribution < 1.29 is 0 Å². The number of allylic oxidation sites excluding steroid dienone is 8. The fraction of sp³-hybridized carbons (Fsp3) is 0.778. The van der Waals surface area contributed by atoms with Crippen LogP contribution in [0.2, 0.25) is 0 Å². The Hall–Kier alpha value is -1.04. The molecule has 0 radical (unpaired) electrons. The molecular weight excluding hydrogens is 432 g/mol. The molecule has 0 amide bonds. The molecule has 0 aromatic heterocycles. The third kappa shape index (κ3) is 33.0. The van der Waals surface area contributed by atoms with Crippen LogP contribution in [0.15, 0.2) is 48.6 Å². The number of unbranched alkanes of at least 4 members (excludes halogenated alkanes) is 21. The second-order valence-electron chi connectivity index (χ2n) is 10.9. The normalized spacial score (nSPS) is 12.4. The predicted octanol–water partition coefficient (Wildman–Crippen LogP) is 13.4. The maximum atomic E-state index is 2.39. The average Bonchev–Trinajstić information content (AvgIpc) is 2.89. The smallest absolute Gasteiger partial charge is 0.0169 e. The van der Waals surface area contributed by atoms with E-state index in [0.29, 0.717) is 0 Å². The minimum atomic E-state index is 1.13. The highest BCUT2D eigenvalue weighted by Crippen LogP contribution is 2.14. The molecule has 0 aromatic rings. The van der Waals surface area contributed by atoms with E-state index in [-0.39, 0.29) is 0 Å². The van der Waals surface area contributed by atoms with E-state index in [1.54, 1.807) is 0 Å². The van der Waals surface area contributed by atoms with Crippen LogP contribution in [0, 0.1) is 0 Å². The standard InChI is InChI=1S/C36H66/c1-3-5-7-9-11-13-15-17-19-21-23-25-27-29-31-33-35-36-34-32-30-28-26-24-22-20-18-16-14-12-10-8-6-4-2/h11-14,17-20H,3-10,15-16,21-36H2,1-2H3. The van der Waals surface area contributed by atoms with E-state index < -0.39 is 0 Å². The molecule has 0 aliphatic rings. The van der Waals surface area contributed by atoms with Crippen LogP contribution in [0.25, 0.3) is 0 Å². The molecule has 0 fully saturated rings. The monoisotopic (exact) mass is 499 g/mol. The Morgan fingerprint density at radius 1 is 0.250 bits per heavy atom. The van der Waals surface area contributed by atoms with Crippen LogP contribution < -0.4 is 0 Å². The first-order valence-electron chi connectivity index (χ1n) is 16.5. The zero-order valence-electron chi connectivity index (χ0n) is 25.0. The molecule has 210 valence electrons. The second-order valence-corrected chi connectivity index (χ2v) is 10.9. The van der Waals surface area contributed by atoms with E-state index in [1.807, 2.05) is 0 Å². The summed E-state index contributed by atoms with van der Waals surface area (Å²) in [6, 6.07) is 0. The Kier molecular flexibility index (Phi) is 33.0. The van der Waals surface area contributed by atoms with Crippen molar-refractivity contribution in [2.24, 2.45) is 0 Å². The average molecular weight is 499 g/mol. The highest BCUT2D eigenvalue weighted by Gasteiger charge is 1.94. The van der Waals surface area contributed by atoms with Crippen molar-refractivity contribution in [2.75, 3.05) is 0 Å². The lowest BCUT2D eigenvalue weighted by molar-refractivity contribution is 0.534. The molecule has 0 aliphatic carbocycles. The molecule has 0 N–H and O–H groups in total. The molecule has 0 heterocycles. The van der Waals surface area contributed by atoms with Gasteiger partial charge in [0.1, 0.15) is 0 Å². The Morgan fingerprint density at radius 3 is 0.722 bits per heavy atom. The van der Waals surface area contributed by atoms with Gasteiger partial charge in [-0.25, -0.2) is 0 Å². The molecule has 0 bridgehead atoms. The third-order valence-corrected chi connectivity index (χ3v) is 7.15. The molecule has 0 saturated carbocycles. The lowest BCUT2D eigenvalue weighted by atomic mass is 10.0. The van der Waals surface area contributed by atoms with Gasteiger partial charge in [-0.05, 0) is 64.2 Å². The van der Waals surface area contributed by atoms with Crippen LogP contribution in [0.5, 0.6) is 0 Å². The van der Waals surface area contributed by atoms with Crippen LogP contribution >= 0.6 is 0 Å². The van der Waals surface area contributed by atoms with Gasteiger partial charge in [0.15, 0.2) is 0 Å². The summed E-state index contributed by atoms with van der Waals surface area (Å²) in [5, 5.41) is 0. The van der Waals surface area contributed by atoms with Crippen molar-refractivity contribution in [3.8, 4) is 0 Å². The van der Waals surface area contributed by atoms with Crippen molar-refractivity contribution in [1.82, 2.24) is 0 Å². The first-order chi connectivity index (χ1) is 17.9. The highest BCUT2D eigenvalue weighted by molar-refractivity contribution is 4.93. The van der Waals surface area contributed by atoms with E-state index >= 15 is 0 Å². The van der Waals surface area contributed by atoms with Crippen LogP contribution in [-0.2, 0) is 0 Å².